The number of hydrogen-bond acceptors (Lipinski definition) is 5. The van der Waals surface area contributed by atoms with Gasteiger partial charge in [-0.15, -0.1) is 0 Å². The van der Waals surface area contributed by atoms with E-state index in [9.17, 15) is 4.79 Å². The molecule has 1 aliphatic heterocycles. The van der Waals surface area contributed by atoms with Crippen molar-refractivity contribution >= 4 is 46.2 Å². The van der Waals surface area contributed by atoms with E-state index >= 15 is 0 Å². The number of methoxy groups -OCH3 is 1. The van der Waals surface area contributed by atoms with Gasteiger partial charge in [0.25, 0.3) is 0 Å². The van der Waals surface area contributed by atoms with E-state index in [1.54, 1.807) is 30.7 Å². The van der Waals surface area contributed by atoms with Crippen LogP contribution in [0.1, 0.15) is 23.5 Å². The third kappa shape index (κ3) is 4.68. The van der Waals surface area contributed by atoms with Gasteiger partial charge in [-0.25, -0.2) is 0 Å². The number of benzene rings is 1. The van der Waals surface area contributed by atoms with Crippen LogP contribution in [0.4, 0.5) is 11.4 Å². The van der Waals surface area contributed by atoms with Gasteiger partial charge in [0.1, 0.15) is 12.6 Å². The van der Waals surface area contributed by atoms with Crippen molar-refractivity contribution in [1.82, 2.24) is 19.9 Å². The zero-order chi connectivity index (χ0) is 25.1. The Labute approximate surface area is 218 Å². The quantitative estimate of drug-likeness (QED) is 0.343. The molecule has 0 saturated carbocycles. The van der Waals surface area contributed by atoms with Crippen molar-refractivity contribution in [2.75, 3.05) is 23.9 Å². The monoisotopic (exact) mass is 518 g/mol. The number of hydrogen-bond donors (Lipinski definition) is 2. The molecule has 5 rings (SSSR count). The summed E-state index contributed by atoms with van der Waals surface area (Å²) in [7, 11) is 1.46. The molecule has 182 valence electrons. The lowest BCUT2D eigenvalue weighted by atomic mass is 10.0. The zero-order valence-electron chi connectivity index (χ0n) is 19.3. The fraction of sp³-hybridized carbons (Fsp3) is 0.154. The second-order valence-corrected chi connectivity index (χ2v) is 8.94. The maximum atomic E-state index is 12.0. The summed E-state index contributed by atoms with van der Waals surface area (Å²) in [5.41, 5.74) is 4.14. The van der Waals surface area contributed by atoms with Crippen molar-refractivity contribution in [2.24, 2.45) is 0 Å². The molecular weight excluding hydrogens is 496 g/mol. The molecule has 0 aliphatic carbocycles. The van der Waals surface area contributed by atoms with E-state index in [0.29, 0.717) is 15.8 Å². The van der Waals surface area contributed by atoms with Gasteiger partial charge in [-0.2, -0.15) is 0 Å². The second kappa shape index (κ2) is 10.4. The van der Waals surface area contributed by atoms with Gasteiger partial charge in [-0.05, 0) is 66.8 Å². The first-order chi connectivity index (χ1) is 17.6. The molecule has 0 spiro atoms. The minimum Gasteiger partial charge on any atom is -0.375 e. The first-order valence-corrected chi connectivity index (χ1v) is 12.0. The maximum absolute atomic E-state index is 12.0. The van der Waals surface area contributed by atoms with Gasteiger partial charge in [0, 0.05) is 49.0 Å². The van der Waals surface area contributed by atoms with Gasteiger partial charge < -0.3 is 24.8 Å². The lowest BCUT2D eigenvalue weighted by Gasteiger charge is -2.29. The third-order valence-corrected chi connectivity index (χ3v) is 6.53. The highest BCUT2D eigenvalue weighted by Gasteiger charge is 2.42. The number of aromatic nitrogens is 3. The Balaban J connectivity index is 1.58. The molecule has 1 saturated heterocycles. The highest BCUT2D eigenvalue weighted by atomic mass is 35.5. The molecule has 3 aromatic heterocycles. The topological polar surface area (TPSA) is 84.3 Å². The summed E-state index contributed by atoms with van der Waals surface area (Å²) in [6.45, 7) is -0.0575. The summed E-state index contributed by atoms with van der Waals surface area (Å²) in [4.78, 5) is 22.8. The van der Waals surface area contributed by atoms with Crippen LogP contribution in [-0.2, 0) is 9.53 Å². The molecule has 1 aromatic carbocycles. The number of ether oxygens (including phenoxy) is 1. The van der Waals surface area contributed by atoms with Crippen LogP contribution >= 0.6 is 23.8 Å². The number of rotatable bonds is 7. The highest BCUT2D eigenvalue weighted by molar-refractivity contribution is 7.80. The van der Waals surface area contributed by atoms with Crippen LogP contribution in [0.5, 0.6) is 0 Å². The predicted octanol–water partition coefficient (Wildman–Crippen LogP) is 4.68. The molecule has 1 fully saturated rings. The van der Waals surface area contributed by atoms with Crippen LogP contribution in [0, 0.1) is 0 Å². The molecule has 1 amide bonds. The molecule has 4 heterocycles. The number of amides is 1. The van der Waals surface area contributed by atoms with Crippen LogP contribution in [0.25, 0.3) is 5.69 Å². The molecule has 4 aromatic rings. The molecule has 0 bridgehead atoms. The van der Waals surface area contributed by atoms with Crippen LogP contribution < -0.4 is 15.5 Å². The van der Waals surface area contributed by atoms with Gasteiger partial charge in [-0.3, -0.25) is 14.8 Å². The van der Waals surface area contributed by atoms with E-state index in [0.717, 1.165) is 22.8 Å². The Kier molecular flexibility index (Phi) is 6.95. The number of carbonyl (C=O) groups is 1. The van der Waals surface area contributed by atoms with Crippen LogP contribution in [0.3, 0.4) is 0 Å². The minimum absolute atomic E-state index is 0.0575. The van der Waals surface area contributed by atoms with Crippen molar-refractivity contribution in [3.05, 3.63) is 102 Å². The van der Waals surface area contributed by atoms with E-state index in [-0.39, 0.29) is 24.6 Å². The Morgan fingerprint density at radius 3 is 2.67 bits per heavy atom. The van der Waals surface area contributed by atoms with Gasteiger partial charge in [0.2, 0.25) is 5.91 Å². The lowest BCUT2D eigenvalue weighted by Crippen LogP contribution is -2.30. The SMILES string of the molecule is COCC(=O)Nc1ccc(N2C(=S)NC(c3ccccn3)C2c2cccn2-c2ccncc2)cc1Cl. The van der Waals surface area contributed by atoms with E-state index in [1.807, 2.05) is 53.6 Å². The van der Waals surface area contributed by atoms with E-state index in [2.05, 4.69) is 31.2 Å². The number of anilines is 2. The van der Waals surface area contributed by atoms with Crippen molar-refractivity contribution in [1.29, 1.82) is 0 Å². The zero-order valence-corrected chi connectivity index (χ0v) is 20.9. The average molecular weight is 519 g/mol. The fourth-order valence-corrected chi connectivity index (χ4v) is 4.95. The summed E-state index contributed by atoms with van der Waals surface area (Å²) in [6, 6.07) is 18.8. The van der Waals surface area contributed by atoms with Crippen molar-refractivity contribution in [3.8, 4) is 5.69 Å². The maximum Gasteiger partial charge on any atom is 0.250 e. The summed E-state index contributed by atoms with van der Waals surface area (Å²) >= 11 is 12.4. The van der Waals surface area contributed by atoms with E-state index in [4.69, 9.17) is 28.6 Å². The molecular formula is C26H23ClN6O2S. The summed E-state index contributed by atoms with van der Waals surface area (Å²) < 4.78 is 7.01. The smallest absolute Gasteiger partial charge is 0.250 e. The van der Waals surface area contributed by atoms with Gasteiger partial charge in [0.05, 0.1) is 22.4 Å². The third-order valence-electron chi connectivity index (χ3n) is 5.90. The molecule has 8 nitrogen and oxygen atoms in total. The molecule has 36 heavy (non-hydrogen) atoms. The van der Waals surface area contributed by atoms with Gasteiger partial charge >= 0.3 is 0 Å². The second-order valence-electron chi connectivity index (χ2n) is 8.15. The van der Waals surface area contributed by atoms with E-state index in [1.165, 1.54) is 7.11 Å². The summed E-state index contributed by atoms with van der Waals surface area (Å²) in [6.07, 6.45) is 7.32. The van der Waals surface area contributed by atoms with Crippen LogP contribution in [-0.4, -0.2) is 39.3 Å². The van der Waals surface area contributed by atoms with Crippen molar-refractivity contribution in [2.45, 2.75) is 12.1 Å². The average Bonchev–Trinajstić information content (AvgIpc) is 3.51. The Morgan fingerprint density at radius 2 is 1.94 bits per heavy atom. The van der Waals surface area contributed by atoms with Gasteiger partial charge in [-0.1, -0.05) is 17.7 Å². The number of thiocarbonyl (C=S) groups is 1. The van der Waals surface area contributed by atoms with Crippen molar-refractivity contribution < 1.29 is 9.53 Å². The molecule has 10 heteroatoms. The van der Waals surface area contributed by atoms with Crippen molar-refractivity contribution in [3.63, 3.8) is 0 Å². The predicted molar refractivity (Wildman–Crippen MR) is 143 cm³/mol. The molecule has 0 radical (unpaired) electrons. The Hall–Kier alpha value is -3.79. The highest BCUT2D eigenvalue weighted by Crippen LogP contribution is 2.43. The molecule has 1 aliphatic rings. The summed E-state index contributed by atoms with van der Waals surface area (Å²) in [5.74, 6) is -0.284. The van der Waals surface area contributed by atoms with Crippen LogP contribution in [0.15, 0.2) is 85.5 Å². The summed E-state index contributed by atoms with van der Waals surface area (Å²) in [5, 5.41) is 7.16. The normalized spacial score (nSPS) is 17.2. The number of nitrogens with one attached hydrogen (secondary N) is 2. The first-order valence-electron chi connectivity index (χ1n) is 11.2. The fourth-order valence-electron chi connectivity index (χ4n) is 4.38. The molecule has 2 atom stereocenters. The Morgan fingerprint density at radius 1 is 1.11 bits per heavy atom. The van der Waals surface area contributed by atoms with Crippen LogP contribution in [0.2, 0.25) is 5.02 Å². The number of halogens is 1. The van der Waals surface area contributed by atoms with E-state index < -0.39 is 0 Å². The Bertz CT molecular complexity index is 1380. The molecule has 2 N–H and O–H groups in total. The number of carbonyl (C=O) groups excluding carboxylic acids is 1. The standard InChI is InChI=1S/C26H23ClN6O2S/c1-35-16-23(34)30-20-8-7-18(15-19(20)27)33-25(24(31-26(33)36)21-5-2-3-11-29-21)22-6-4-14-32(22)17-9-12-28-13-10-17/h2-15,24-25H,16H2,1H3,(H,30,34)(H,31,36). The van der Waals surface area contributed by atoms with Gasteiger partial charge in [0.15, 0.2) is 5.11 Å². The molecule has 2 unspecified atom stereocenters. The largest absolute Gasteiger partial charge is 0.375 e. The minimum atomic E-state index is -0.284. The number of nitrogens with zero attached hydrogens (tertiary/aromatic N) is 4. The lowest BCUT2D eigenvalue weighted by molar-refractivity contribution is -0.119. The first kappa shape index (κ1) is 23.9. The number of pyridine rings is 2.